The maximum Gasteiger partial charge on any atom is 0.230 e. The molecule has 0 bridgehead atoms. The number of piperidine rings is 1. The highest BCUT2D eigenvalue weighted by Crippen LogP contribution is 2.41. The lowest BCUT2D eigenvalue weighted by Crippen LogP contribution is -2.50. The summed E-state index contributed by atoms with van der Waals surface area (Å²) in [5.41, 5.74) is 2.18. The van der Waals surface area contributed by atoms with Crippen LogP contribution in [0.1, 0.15) is 49.7 Å². The molecule has 5 heteroatoms. The third-order valence-electron chi connectivity index (χ3n) is 6.70. The van der Waals surface area contributed by atoms with Gasteiger partial charge in [-0.25, -0.2) is 0 Å². The van der Waals surface area contributed by atoms with E-state index in [1.165, 1.54) is 18.4 Å². The number of aryl methyl sites for hydroxylation is 1. The highest BCUT2D eigenvalue weighted by atomic mass is 16.2. The predicted molar refractivity (Wildman–Crippen MR) is 110 cm³/mol. The number of nitrogens with one attached hydrogen (secondary N) is 1. The summed E-state index contributed by atoms with van der Waals surface area (Å²) in [5, 5.41) is 3.02. The summed E-state index contributed by atoms with van der Waals surface area (Å²) < 4.78 is 0. The van der Waals surface area contributed by atoms with E-state index in [0.29, 0.717) is 18.9 Å². The standard InChI is InChI=1S/C23H33N3O2/c1-18-3-5-19(6-4-18)15-24-21(27)9-13-25-14-11-23(17-25)10-2-12-26(22(23)28)16-20-7-8-20/h3-6,20H,2,7-17H2,1H3,(H,24,27). The molecule has 1 N–H and O–H groups in total. The molecule has 152 valence electrons. The Balaban J connectivity index is 1.22. The van der Waals surface area contributed by atoms with Crippen LogP contribution in [0.25, 0.3) is 0 Å². The first-order chi connectivity index (χ1) is 13.5. The minimum absolute atomic E-state index is 0.0897. The molecule has 2 heterocycles. The quantitative estimate of drug-likeness (QED) is 0.788. The number of nitrogens with zero attached hydrogens (tertiary/aromatic N) is 2. The Morgan fingerprint density at radius 2 is 1.96 bits per heavy atom. The van der Waals surface area contributed by atoms with Gasteiger partial charge in [-0.3, -0.25) is 9.59 Å². The second-order valence-corrected chi connectivity index (χ2v) is 9.12. The Morgan fingerprint density at radius 1 is 1.18 bits per heavy atom. The molecule has 5 nitrogen and oxygen atoms in total. The number of rotatable bonds is 7. The van der Waals surface area contributed by atoms with Crippen molar-refractivity contribution in [2.24, 2.45) is 11.3 Å². The van der Waals surface area contributed by atoms with Crippen LogP contribution < -0.4 is 5.32 Å². The first-order valence-corrected chi connectivity index (χ1v) is 10.9. The molecule has 1 unspecified atom stereocenters. The van der Waals surface area contributed by atoms with Gasteiger partial charge in [-0.15, -0.1) is 0 Å². The van der Waals surface area contributed by atoms with E-state index in [1.54, 1.807) is 0 Å². The summed E-state index contributed by atoms with van der Waals surface area (Å²) in [6, 6.07) is 8.25. The lowest BCUT2D eigenvalue weighted by molar-refractivity contribution is -0.145. The van der Waals surface area contributed by atoms with Gasteiger partial charge in [0, 0.05) is 39.1 Å². The van der Waals surface area contributed by atoms with E-state index in [4.69, 9.17) is 0 Å². The third kappa shape index (κ3) is 4.57. The van der Waals surface area contributed by atoms with Gasteiger partial charge in [-0.2, -0.15) is 0 Å². The number of amides is 2. The van der Waals surface area contributed by atoms with Crippen LogP contribution in [-0.4, -0.2) is 54.3 Å². The SMILES string of the molecule is Cc1ccc(CNC(=O)CCN2CCC3(CCCN(CC4CC4)C3=O)C2)cc1. The molecule has 0 aromatic heterocycles. The van der Waals surface area contributed by atoms with Crippen LogP contribution in [0.15, 0.2) is 24.3 Å². The molecule has 1 aromatic rings. The Kier molecular flexibility index (Phi) is 5.72. The van der Waals surface area contributed by atoms with Gasteiger partial charge >= 0.3 is 0 Å². The van der Waals surface area contributed by atoms with Gasteiger partial charge in [-0.1, -0.05) is 29.8 Å². The maximum absolute atomic E-state index is 13.1. The molecule has 1 aliphatic carbocycles. The Morgan fingerprint density at radius 3 is 2.71 bits per heavy atom. The van der Waals surface area contributed by atoms with Gasteiger partial charge in [0.1, 0.15) is 0 Å². The molecular weight excluding hydrogens is 350 g/mol. The zero-order valence-corrected chi connectivity index (χ0v) is 17.1. The molecule has 2 amide bonds. The molecule has 3 aliphatic rings. The average molecular weight is 384 g/mol. The summed E-state index contributed by atoms with van der Waals surface area (Å²) in [6.07, 6.45) is 6.19. The summed E-state index contributed by atoms with van der Waals surface area (Å²) in [7, 11) is 0. The van der Waals surface area contributed by atoms with Crippen LogP contribution >= 0.6 is 0 Å². The van der Waals surface area contributed by atoms with Crippen molar-refractivity contribution in [1.29, 1.82) is 0 Å². The minimum atomic E-state index is -0.175. The van der Waals surface area contributed by atoms with Crippen molar-refractivity contribution in [3.8, 4) is 0 Å². The molecular formula is C23H33N3O2. The number of carbonyl (C=O) groups is 2. The fourth-order valence-corrected chi connectivity index (χ4v) is 4.72. The van der Waals surface area contributed by atoms with Crippen molar-refractivity contribution in [3.63, 3.8) is 0 Å². The van der Waals surface area contributed by atoms with Crippen molar-refractivity contribution < 1.29 is 9.59 Å². The number of hydrogen-bond acceptors (Lipinski definition) is 3. The number of benzene rings is 1. The van der Waals surface area contributed by atoms with Gasteiger partial charge in [0.05, 0.1) is 5.41 Å². The molecule has 4 rings (SSSR count). The molecule has 0 radical (unpaired) electrons. The number of likely N-dealkylation sites (tertiary alicyclic amines) is 2. The summed E-state index contributed by atoms with van der Waals surface area (Å²) in [4.78, 5) is 29.8. The molecule has 2 aliphatic heterocycles. The highest BCUT2D eigenvalue weighted by molar-refractivity contribution is 5.84. The second kappa shape index (κ2) is 8.24. The van der Waals surface area contributed by atoms with Gasteiger partial charge in [0.25, 0.3) is 0 Å². The van der Waals surface area contributed by atoms with Crippen molar-refractivity contribution in [1.82, 2.24) is 15.1 Å². The Labute approximate surface area is 168 Å². The van der Waals surface area contributed by atoms with E-state index < -0.39 is 0 Å². The van der Waals surface area contributed by atoms with Gasteiger partial charge < -0.3 is 15.1 Å². The lowest BCUT2D eigenvalue weighted by atomic mass is 9.78. The van der Waals surface area contributed by atoms with E-state index in [-0.39, 0.29) is 11.3 Å². The third-order valence-corrected chi connectivity index (χ3v) is 6.70. The molecule has 1 aromatic carbocycles. The lowest BCUT2D eigenvalue weighted by Gasteiger charge is -2.39. The first-order valence-electron chi connectivity index (χ1n) is 10.9. The molecule has 1 spiro atoms. The van der Waals surface area contributed by atoms with Crippen molar-refractivity contribution in [2.45, 2.75) is 52.0 Å². The molecule has 3 fully saturated rings. The predicted octanol–water partition coefficient (Wildman–Crippen LogP) is 2.73. The van der Waals surface area contributed by atoms with Crippen LogP contribution in [0, 0.1) is 18.3 Å². The van der Waals surface area contributed by atoms with Crippen LogP contribution in [0.5, 0.6) is 0 Å². The van der Waals surface area contributed by atoms with Crippen LogP contribution in [-0.2, 0) is 16.1 Å². The topological polar surface area (TPSA) is 52.7 Å². The Hall–Kier alpha value is -1.88. The van der Waals surface area contributed by atoms with E-state index >= 15 is 0 Å². The zero-order chi connectivity index (χ0) is 19.6. The van der Waals surface area contributed by atoms with Crippen molar-refractivity contribution >= 4 is 11.8 Å². The minimum Gasteiger partial charge on any atom is -0.352 e. The summed E-state index contributed by atoms with van der Waals surface area (Å²) >= 11 is 0. The smallest absolute Gasteiger partial charge is 0.230 e. The van der Waals surface area contributed by atoms with Gasteiger partial charge in [0.15, 0.2) is 0 Å². The molecule has 1 atom stereocenters. The largest absolute Gasteiger partial charge is 0.352 e. The first kappa shape index (κ1) is 19.4. The fraction of sp³-hybridized carbons (Fsp3) is 0.652. The maximum atomic E-state index is 13.1. The molecule has 1 saturated carbocycles. The number of hydrogen-bond donors (Lipinski definition) is 1. The van der Waals surface area contributed by atoms with Gasteiger partial charge in [0.2, 0.25) is 11.8 Å². The average Bonchev–Trinajstić information content (AvgIpc) is 3.42. The van der Waals surface area contributed by atoms with Crippen molar-refractivity contribution in [2.75, 3.05) is 32.7 Å². The van der Waals surface area contributed by atoms with Crippen LogP contribution in [0.3, 0.4) is 0 Å². The van der Waals surface area contributed by atoms with E-state index in [2.05, 4.69) is 46.3 Å². The Bertz CT molecular complexity index is 713. The highest BCUT2D eigenvalue weighted by Gasteiger charge is 2.48. The second-order valence-electron chi connectivity index (χ2n) is 9.12. The van der Waals surface area contributed by atoms with E-state index in [0.717, 1.165) is 63.5 Å². The summed E-state index contributed by atoms with van der Waals surface area (Å²) in [5.74, 6) is 1.23. The summed E-state index contributed by atoms with van der Waals surface area (Å²) in [6.45, 7) is 7.08. The van der Waals surface area contributed by atoms with Gasteiger partial charge in [-0.05, 0) is 57.1 Å². The molecule has 2 saturated heterocycles. The zero-order valence-electron chi connectivity index (χ0n) is 17.1. The van der Waals surface area contributed by atoms with E-state index in [9.17, 15) is 9.59 Å². The fourth-order valence-electron chi connectivity index (χ4n) is 4.72. The van der Waals surface area contributed by atoms with E-state index in [1.807, 2.05) is 0 Å². The number of carbonyl (C=O) groups excluding carboxylic acids is 2. The van der Waals surface area contributed by atoms with Crippen molar-refractivity contribution in [3.05, 3.63) is 35.4 Å². The van der Waals surface area contributed by atoms with Crippen LogP contribution in [0.2, 0.25) is 0 Å². The molecule has 28 heavy (non-hydrogen) atoms. The van der Waals surface area contributed by atoms with Crippen LogP contribution in [0.4, 0.5) is 0 Å². The normalized spacial score (nSPS) is 25.5. The monoisotopic (exact) mass is 383 g/mol.